The van der Waals surface area contributed by atoms with E-state index in [2.05, 4.69) is 5.10 Å². The highest BCUT2D eigenvalue weighted by Crippen LogP contribution is 2.30. The van der Waals surface area contributed by atoms with Crippen LogP contribution in [0.1, 0.15) is 36.6 Å². The zero-order valence-electron chi connectivity index (χ0n) is 11.1. The number of aromatic nitrogens is 2. The molecule has 0 unspecified atom stereocenters. The molecule has 1 aromatic heterocycles. The van der Waals surface area contributed by atoms with Gasteiger partial charge in [0, 0.05) is 5.56 Å². The molecular formula is C14H15F3N2O. The minimum atomic E-state index is -4.35. The summed E-state index contributed by atoms with van der Waals surface area (Å²) in [5.41, 5.74) is 1.33. The second-order valence-corrected chi connectivity index (χ2v) is 4.82. The summed E-state index contributed by atoms with van der Waals surface area (Å²) in [4.78, 5) is 0. The normalized spacial score (nSPS) is 12.2. The zero-order chi connectivity index (χ0) is 14.9. The van der Waals surface area contributed by atoms with Gasteiger partial charge in [-0.1, -0.05) is 13.8 Å². The van der Waals surface area contributed by atoms with Crippen LogP contribution in [0.2, 0.25) is 0 Å². The number of aliphatic hydroxyl groups is 1. The predicted octanol–water partition coefficient (Wildman–Crippen LogP) is 3.51. The second-order valence-electron chi connectivity index (χ2n) is 4.82. The lowest BCUT2D eigenvalue weighted by Crippen LogP contribution is -2.08. The van der Waals surface area contributed by atoms with E-state index in [4.69, 9.17) is 0 Å². The van der Waals surface area contributed by atoms with Crippen molar-refractivity contribution in [1.29, 1.82) is 0 Å². The quantitative estimate of drug-likeness (QED) is 0.936. The summed E-state index contributed by atoms with van der Waals surface area (Å²) in [7, 11) is 0. The van der Waals surface area contributed by atoms with Crippen LogP contribution in [0.5, 0.6) is 0 Å². The molecule has 0 bridgehead atoms. The third kappa shape index (κ3) is 2.70. The van der Waals surface area contributed by atoms with E-state index >= 15 is 0 Å². The molecule has 1 heterocycles. The van der Waals surface area contributed by atoms with Crippen LogP contribution < -0.4 is 0 Å². The molecule has 108 valence electrons. The Kier molecular flexibility index (Phi) is 3.85. The van der Waals surface area contributed by atoms with Crippen molar-refractivity contribution < 1.29 is 18.3 Å². The lowest BCUT2D eigenvalue weighted by Gasteiger charge is -2.13. The van der Waals surface area contributed by atoms with Crippen molar-refractivity contribution >= 4 is 0 Å². The first-order valence-corrected chi connectivity index (χ1v) is 6.20. The molecule has 0 saturated carbocycles. The molecule has 0 spiro atoms. The van der Waals surface area contributed by atoms with Crippen molar-refractivity contribution in [3.05, 3.63) is 47.3 Å². The number of alkyl halides is 3. The number of nitrogens with zero attached hydrogens (tertiary/aromatic N) is 2. The standard InChI is InChI=1S/C14H15F3N2O/c1-9(2)13-10(8-20)7-18-19(13)12-5-3-11(4-6-12)14(15,16)17/h3-7,9,20H,8H2,1-2H3. The van der Waals surface area contributed by atoms with Crippen molar-refractivity contribution in [2.45, 2.75) is 32.5 Å². The van der Waals surface area contributed by atoms with Gasteiger partial charge >= 0.3 is 6.18 Å². The van der Waals surface area contributed by atoms with E-state index in [0.717, 1.165) is 17.8 Å². The summed E-state index contributed by atoms with van der Waals surface area (Å²) in [5, 5.41) is 13.4. The summed E-state index contributed by atoms with van der Waals surface area (Å²) in [6.45, 7) is 3.74. The van der Waals surface area contributed by atoms with Gasteiger partial charge in [0.25, 0.3) is 0 Å². The molecule has 0 saturated heterocycles. The molecule has 2 aromatic rings. The first-order valence-electron chi connectivity index (χ1n) is 6.20. The van der Waals surface area contributed by atoms with Crippen LogP contribution in [0, 0.1) is 0 Å². The van der Waals surface area contributed by atoms with Crippen molar-refractivity contribution in [3.8, 4) is 5.69 Å². The topological polar surface area (TPSA) is 38.1 Å². The summed E-state index contributed by atoms with van der Waals surface area (Å²) >= 11 is 0. The Hall–Kier alpha value is -1.82. The van der Waals surface area contributed by atoms with Crippen LogP contribution in [-0.4, -0.2) is 14.9 Å². The average molecular weight is 284 g/mol. The number of halogens is 3. The zero-order valence-corrected chi connectivity index (χ0v) is 11.1. The lowest BCUT2D eigenvalue weighted by molar-refractivity contribution is -0.137. The van der Waals surface area contributed by atoms with Gasteiger partial charge in [-0.2, -0.15) is 18.3 Å². The van der Waals surface area contributed by atoms with Gasteiger partial charge in [-0.05, 0) is 30.2 Å². The maximum absolute atomic E-state index is 12.5. The van der Waals surface area contributed by atoms with E-state index < -0.39 is 11.7 Å². The fourth-order valence-corrected chi connectivity index (χ4v) is 2.13. The third-order valence-electron chi connectivity index (χ3n) is 3.04. The van der Waals surface area contributed by atoms with Crippen molar-refractivity contribution in [2.75, 3.05) is 0 Å². The Morgan fingerprint density at radius 2 is 1.80 bits per heavy atom. The Morgan fingerprint density at radius 3 is 2.25 bits per heavy atom. The molecule has 20 heavy (non-hydrogen) atoms. The van der Waals surface area contributed by atoms with Crippen LogP contribution in [0.15, 0.2) is 30.5 Å². The van der Waals surface area contributed by atoms with E-state index in [0.29, 0.717) is 11.3 Å². The molecule has 6 heteroatoms. The van der Waals surface area contributed by atoms with Crippen LogP contribution in [0.25, 0.3) is 5.69 Å². The molecular weight excluding hydrogens is 269 g/mol. The maximum Gasteiger partial charge on any atom is 0.416 e. The molecule has 0 aliphatic rings. The van der Waals surface area contributed by atoms with E-state index in [9.17, 15) is 18.3 Å². The first-order chi connectivity index (χ1) is 9.34. The molecule has 0 radical (unpaired) electrons. The van der Waals surface area contributed by atoms with Crippen molar-refractivity contribution in [2.24, 2.45) is 0 Å². The maximum atomic E-state index is 12.5. The number of aliphatic hydroxyl groups excluding tert-OH is 1. The summed E-state index contributed by atoms with van der Waals surface area (Å²) < 4.78 is 39.2. The van der Waals surface area contributed by atoms with Crippen LogP contribution in [0.4, 0.5) is 13.2 Å². The van der Waals surface area contributed by atoms with Gasteiger partial charge < -0.3 is 5.11 Å². The second kappa shape index (κ2) is 5.28. The Morgan fingerprint density at radius 1 is 1.20 bits per heavy atom. The van der Waals surface area contributed by atoms with E-state index in [1.54, 1.807) is 4.68 Å². The Labute approximate surface area is 114 Å². The van der Waals surface area contributed by atoms with Gasteiger partial charge in [0.2, 0.25) is 0 Å². The SMILES string of the molecule is CC(C)c1c(CO)cnn1-c1ccc(C(F)(F)F)cc1. The largest absolute Gasteiger partial charge is 0.416 e. The van der Waals surface area contributed by atoms with Crippen molar-refractivity contribution in [3.63, 3.8) is 0 Å². The minimum absolute atomic E-state index is 0.0990. The fraction of sp³-hybridized carbons (Fsp3) is 0.357. The van der Waals surface area contributed by atoms with Gasteiger partial charge in [0.15, 0.2) is 0 Å². The van der Waals surface area contributed by atoms with Crippen LogP contribution >= 0.6 is 0 Å². The predicted molar refractivity (Wildman–Crippen MR) is 68.6 cm³/mol. The van der Waals surface area contributed by atoms with Crippen LogP contribution in [-0.2, 0) is 12.8 Å². The van der Waals surface area contributed by atoms with E-state index in [1.807, 2.05) is 13.8 Å². The summed E-state index contributed by atoms with van der Waals surface area (Å²) in [5.74, 6) is 0.0990. The van der Waals surface area contributed by atoms with Gasteiger partial charge in [-0.15, -0.1) is 0 Å². The molecule has 0 aliphatic carbocycles. The molecule has 1 N–H and O–H groups in total. The lowest BCUT2D eigenvalue weighted by atomic mass is 10.1. The number of hydrogen-bond acceptors (Lipinski definition) is 2. The van der Waals surface area contributed by atoms with Gasteiger partial charge in [-0.3, -0.25) is 0 Å². The van der Waals surface area contributed by atoms with E-state index in [-0.39, 0.29) is 12.5 Å². The summed E-state index contributed by atoms with van der Waals surface area (Å²) in [6, 6.07) is 4.81. The van der Waals surface area contributed by atoms with Gasteiger partial charge in [-0.25, -0.2) is 4.68 Å². The summed E-state index contributed by atoms with van der Waals surface area (Å²) in [6.07, 6.45) is -2.81. The highest BCUT2D eigenvalue weighted by atomic mass is 19.4. The number of rotatable bonds is 3. The Balaban J connectivity index is 2.45. The molecule has 0 aliphatic heterocycles. The molecule has 0 fully saturated rings. The fourth-order valence-electron chi connectivity index (χ4n) is 2.13. The third-order valence-corrected chi connectivity index (χ3v) is 3.04. The average Bonchev–Trinajstić information content (AvgIpc) is 2.81. The number of hydrogen-bond donors (Lipinski definition) is 1. The highest BCUT2D eigenvalue weighted by molar-refractivity contribution is 5.38. The van der Waals surface area contributed by atoms with Gasteiger partial charge in [0.05, 0.1) is 29.7 Å². The molecule has 2 rings (SSSR count). The minimum Gasteiger partial charge on any atom is -0.392 e. The molecule has 0 amide bonds. The monoisotopic (exact) mass is 284 g/mol. The number of benzene rings is 1. The molecule has 1 aromatic carbocycles. The Bertz CT molecular complexity index is 585. The highest BCUT2D eigenvalue weighted by Gasteiger charge is 2.30. The molecule has 3 nitrogen and oxygen atoms in total. The van der Waals surface area contributed by atoms with E-state index in [1.165, 1.54) is 18.3 Å². The molecule has 0 atom stereocenters. The smallest absolute Gasteiger partial charge is 0.392 e. The van der Waals surface area contributed by atoms with Gasteiger partial charge in [0.1, 0.15) is 0 Å². The first kappa shape index (κ1) is 14.6. The van der Waals surface area contributed by atoms with Crippen molar-refractivity contribution in [1.82, 2.24) is 9.78 Å². The van der Waals surface area contributed by atoms with Crippen LogP contribution in [0.3, 0.4) is 0 Å².